The Kier molecular flexibility index (Phi) is 5.41. The van der Waals surface area contributed by atoms with Crippen LogP contribution in [0.3, 0.4) is 0 Å². The molecule has 3 rings (SSSR count). The highest BCUT2D eigenvalue weighted by Crippen LogP contribution is 2.33. The zero-order valence-corrected chi connectivity index (χ0v) is 14.9. The molecule has 2 aromatic rings. The standard InChI is InChI=1S/C20H22N2O4/c1-14(26-16-7-4-3-5-8-16)20(24)21-15-10-11-17(18(13-15)25-2)22-12-6-9-19(22)23/h3-5,7-8,10-11,13-14H,6,9,12H2,1-2H3,(H,21,24). The summed E-state index contributed by atoms with van der Waals surface area (Å²) in [6, 6.07) is 14.5. The lowest BCUT2D eigenvalue weighted by molar-refractivity contribution is -0.122. The Morgan fingerprint density at radius 3 is 2.62 bits per heavy atom. The largest absolute Gasteiger partial charge is 0.494 e. The fourth-order valence-electron chi connectivity index (χ4n) is 2.88. The number of ether oxygens (including phenoxy) is 2. The summed E-state index contributed by atoms with van der Waals surface area (Å²) in [4.78, 5) is 26.0. The van der Waals surface area contributed by atoms with E-state index in [-0.39, 0.29) is 11.8 Å². The van der Waals surface area contributed by atoms with Crippen molar-refractivity contribution in [3.05, 3.63) is 48.5 Å². The van der Waals surface area contributed by atoms with Crippen LogP contribution in [0.5, 0.6) is 11.5 Å². The Bertz CT molecular complexity index is 792. The first-order valence-corrected chi connectivity index (χ1v) is 8.59. The van der Waals surface area contributed by atoms with Gasteiger partial charge in [0.1, 0.15) is 11.5 Å². The molecule has 1 unspecified atom stereocenters. The summed E-state index contributed by atoms with van der Waals surface area (Å²) in [5.41, 5.74) is 1.31. The molecule has 1 aliphatic heterocycles. The number of benzene rings is 2. The monoisotopic (exact) mass is 354 g/mol. The second kappa shape index (κ2) is 7.91. The number of carbonyl (C=O) groups is 2. The van der Waals surface area contributed by atoms with Crippen molar-refractivity contribution in [2.75, 3.05) is 23.9 Å². The summed E-state index contributed by atoms with van der Waals surface area (Å²) in [5, 5.41) is 2.82. The molecule has 0 aromatic heterocycles. The van der Waals surface area contributed by atoms with Gasteiger partial charge >= 0.3 is 0 Å². The van der Waals surface area contributed by atoms with Gasteiger partial charge in [-0.2, -0.15) is 0 Å². The van der Waals surface area contributed by atoms with Gasteiger partial charge in [0.2, 0.25) is 5.91 Å². The molecule has 1 fully saturated rings. The van der Waals surface area contributed by atoms with Crippen molar-refractivity contribution in [1.82, 2.24) is 0 Å². The van der Waals surface area contributed by atoms with E-state index in [0.29, 0.717) is 30.2 Å². The lowest BCUT2D eigenvalue weighted by Gasteiger charge is -2.20. The molecule has 6 nitrogen and oxygen atoms in total. The van der Waals surface area contributed by atoms with Gasteiger partial charge in [0, 0.05) is 24.7 Å². The molecule has 136 valence electrons. The van der Waals surface area contributed by atoms with E-state index >= 15 is 0 Å². The van der Waals surface area contributed by atoms with Crippen LogP contribution in [0.15, 0.2) is 48.5 Å². The van der Waals surface area contributed by atoms with Crippen molar-refractivity contribution in [2.45, 2.75) is 25.9 Å². The van der Waals surface area contributed by atoms with Crippen LogP contribution in [0.1, 0.15) is 19.8 Å². The van der Waals surface area contributed by atoms with E-state index in [4.69, 9.17) is 9.47 Å². The molecule has 0 bridgehead atoms. The summed E-state index contributed by atoms with van der Waals surface area (Å²) < 4.78 is 11.0. The molecular weight excluding hydrogens is 332 g/mol. The third-order valence-electron chi connectivity index (χ3n) is 4.24. The predicted molar refractivity (Wildman–Crippen MR) is 99.7 cm³/mol. The highest BCUT2D eigenvalue weighted by molar-refractivity contribution is 5.98. The lowest BCUT2D eigenvalue weighted by atomic mass is 10.2. The molecule has 1 aliphatic rings. The molecule has 0 saturated carbocycles. The van der Waals surface area contributed by atoms with E-state index in [1.54, 1.807) is 49.3 Å². The van der Waals surface area contributed by atoms with Crippen molar-refractivity contribution in [2.24, 2.45) is 0 Å². The first kappa shape index (κ1) is 17.8. The van der Waals surface area contributed by atoms with E-state index in [1.165, 1.54) is 0 Å². The highest BCUT2D eigenvalue weighted by Gasteiger charge is 2.25. The smallest absolute Gasteiger partial charge is 0.265 e. The minimum Gasteiger partial charge on any atom is -0.494 e. The summed E-state index contributed by atoms with van der Waals surface area (Å²) in [6.07, 6.45) is 0.744. The van der Waals surface area contributed by atoms with E-state index in [0.717, 1.165) is 12.1 Å². The number of hydrogen-bond donors (Lipinski definition) is 1. The molecule has 26 heavy (non-hydrogen) atoms. The second-order valence-corrected chi connectivity index (χ2v) is 6.10. The molecule has 1 saturated heterocycles. The zero-order chi connectivity index (χ0) is 18.5. The Morgan fingerprint density at radius 1 is 1.19 bits per heavy atom. The molecule has 0 aliphatic carbocycles. The normalized spacial score (nSPS) is 14.8. The molecule has 0 spiro atoms. The Labute approximate surface area is 152 Å². The summed E-state index contributed by atoms with van der Waals surface area (Å²) in [5.74, 6) is 1.01. The number of hydrogen-bond acceptors (Lipinski definition) is 4. The average Bonchev–Trinajstić information content (AvgIpc) is 3.08. The zero-order valence-electron chi connectivity index (χ0n) is 14.9. The maximum absolute atomic E-state index is 12.4. The number of rotatable bonds is 6. The van der Waals surface area contributed by atoms with Gasteiger partial charge in [-0.3, -0.25) is 9.59 Å². The van der Waals surface area contributed by atoms with Crippen LogP contribution in [0, 0.1) is 0 Å². The quantitative estimate of drug-likeness (QED) is 0.865. The van der Waals surface area contributed by atoms with E-state index < -0.39 is 6.10 Å². The van der Waals surface area contributed by atoms with Crippen molar-refractivity contribution < 1.29 is 19.1 Å². The first-order chi connectivity index (χ1) is 12.6. The lowest BCUT2D eigenvalue weighted by Crippen LogP contribution is -2.30. The van der Waals surface area contributed by atoms with Crippen LogP contribution in [-0.4, -0.2) is 31.6 Å². The molecule has 1 atom stereocenters. The second-order valence-electron chi connectivity index (χ2n) is 6.10. The van der Waals surface area contributed by atoms with Crippen molar-refractivity contribution in [3.63, 3.8) is 0 Å². The van der Waals surface area contributed by atoms with Crippen LogP contribution in [-0.2, 0) is 9.59 Å². The fourth-order valence-corrected chi connectivity index (χ4v) is 2.88. The maximum atomic E-state index is 12.4. The van der Waals surface area contributed by atoms with Gasteiger partial charge in [-0.25, -0.2) is 0 Å². The SMILES string of the molecule is COc1cc(NC(=O)C(C)Oc2ccccc2)ccc1N1CCCC1=O. The number of nitrogens with zero attached hydrogens (tertiary/aromatic N) is 1. The minimum atomic E-state index is -0.650. The van der Waals surface area contributed by atoms with Gasteiger partial charge in [0.05, 0.1) is 12.8 Å². The maximum Gasteiger partial charge on any atom is 0.265 e. The van der Waals surface area contributed by atoms with Gasteiger partial charge in [-0.05, 0) is 37.6 Å². The number of methoxy groups -OCH3 is 1. The van der Waals surface area contributed by atoms with Crippen LogP contribution in [0.2, 0.25) is 0 Å². The molecule has 0 radical (unpaired) electrons. The average molecular weight is 354 g/mol. The van der Waals surface area contributed by atoms with Crippen molar-refractivity contribution in [1.29, 1.82) is 0 Å². The third kappa shape index (κ3) is 3.96. The van der Waals surface area contributed by atoms with Crippen LogP contribution >= 0.6 is 0 Å². The van der Waals surface area contributed by atoms with Crippen LogP contribution in [0.4, 0.5) is 11.4 Å². The van der Waals surface area contributed by atoms with Gasteiger partial charge in [0.15, 0.2) is 6.10 Å². The predicted octanol–water partition coefficient (Wildman–Crippen LogP) is 3.23. The molecule has 2 aromatic carbocycles. The number of carbonyl (C=O) groups excluding carboxylic acids is 2. The van der Waals surface area contributed by atoms with Gasteiger partial charge in [-0.15, -0.1) is 0 Å². The van der Waals surface area contributed by atoms with Crippen LogP contribution < -0.4 is 19.7 Å². The number of amides is 2. The molecule has 6 heteroatoms. The number of nitrogens with one attached hydrogen (secondary N) is 1. The summed E-state index contributed by atoms with van der Waals surface area (Å²) in [7, 11) is 1.55. The topological polar surface area (TPSA) is 67.9 Å². The summed E-state index contributed by atoms with van der Waals surface area (Å²) in [6.45, 7) is 2.37. The van der Waals surface area contributed by atoms with Crippen molar-refractivity contribution >= 4 is 23.2 Å². The first-order valence-electron chi connectivity index (χ1n) is 8.59. The Hall–Kier alpha value is -3.02. The third-order valence-corrected chi connectivity index (χ3v) is 4.24. The van der Waals surface area contributed by atoms with Gasteiger partial charge < -0.3 is 19.7 Å². The van der Waals surface area contributed by atoms with E-state index in [2.05, 4.69) is 5.32 Å². The Balaban J connectivity index is 1.69. The van der Waals surface area contributed by atoms with E-state index in [9.17, 15) is 9.59 Å². The van der Waals surface area contributed by atoms with Gasteiger partial charge in [0.25, 0.3) is 5.91 Å². The fraction of sp³-hybridized carbons (Fsp3) is 0.300. The molecule has 2 amide bonds. The van der Waals surface area contributed by atoms with Gasteiger partial charge in [-0.1, -0.05) is 18.2 Å². The number of para-hydroxylation sites is 1. The highest BCUT2D eigenvalue weighted by atomic mass is 16.5. The minimum absolute atomic E-state index is 0.0879. The van der Waals surface area contributed by atoms with Crippen LogP contribution in [0.25, 0.3) is 0 Å². The summed E-state index contributed by atoms with van der Waals surface area (Å²) >= 11 is 0. The van der Waals surface area contributed by atoms with Crippen molar-refractivity contribution in [3.8, 4) is 11.5 Å². The molecule has 1 N–H and O–H groups in total. The Morgan fingerprint density at radius 2 is 1.96 bits per heavy atom. The number of anilines is 2. The molecular formula is C20H22N2O4. The molecule has 1 heterocycles. The van der Waals surface area contributed by atoms with E-state index in [1.807, 2.05) is 18.2 Å².